The van der Waals surface area contributed by atoms with E-state index in [0.29, 0.717) is 11.3 Å². The summed E-state index contributed by atoms with van der Waals surface area (Å²) in [5.41, 5.74) is 1.34. The Morgan fingerprint density at radius 2 is 1.11 bits per heavy atom. The molecule has 6 heteroatoms. The largest absolute Gasteiger partial charge is 0.349 e. The van der Waals surface area contributed by atoms with Crippen molar-refractivity contribution in [3.05, 3.63) is 126 Å². The highest BCUT2D eigenvalue weighted by atomic mass is 16.5. The number of carbonyl (C=O) groups excluding carboxylic acids is 4. The molecule has 38 heavy (non-hydrogen) atoms. The monoisotopic (exact) mass is 499 g/mol. The van der Waals surface area contributed by atoms with Crippen LogP contribution >= 0.6 is 0 Å². The first-order valence-corrected chi connectivity index (χ1v) is 12.5. The van der Waals surface area contributed by atoms with Gasteiger partial charge in [-0.05, 0) is 28.8 Å². The Bertz CT molecular complexity index is 1590. The molecule has 0 radical (unpaired) electrons. The van der Waals surface area contributed by atoms with Crippen molar-refractivity contribution in [3.63, 3.8) is 0 Å². The Hall–Kier alpha value is -4.68. The van der Waals surface area contributed by atoms with Gasteiger partial charge in [0.15, 0.2) is 0 Å². The van der Waals surface area contributed by atoms with Gasteiger partial charge >= 0.3 is 0 Å². The molecule has 184 valence electrons. The smallest absolute Gasteiger partial charge is 0.241 e. The quantitative estimate of drug-likeness (QED) is 0.291. The lowest BCUT2D eigenvalue weighted by Gasteiger charge is -2.27. The zero-order valence-corrected chi connectivity index (χ0v) is 20.1. The van der Waals surface area contributed by atoms with Crippen molar-refractivity contribution in [2.75, 3.05) is 4.90 Å². The zero-order valence-electron chi connectivity index (χ0n) is 20.1. The second kappa shape index (κ2) is 8.16. The third kappa shape index (κ3) is 2.92. The van der Waals surface area contributed by atoms with Crippen LogP contribution in [-0.2, 0) is 14.3 Å². The number of benzene rings is 4. The predicted octanol–water partition coefficient (Wildman–Crippen LogP) is 5.05. The van der Waals surface area contributed by atoms with E-state index in [0.717, 1.165) is 16.0 Å². The third-order valence-corrected chi connectivity index (χ3v) is 7.88. The second-order valence-electron chi connectivity index (χ2n) is 9.82. The van der Waals surface area contributed by atoms with Gasteiger partial charge in [-0.1, -0.05) is 97.1 Å². The number of imide groups is 1. The molecule has 2 fully saturated rings. The highest BCUT2D eigenvalue weighted by Crippen LogP contribution is 2.57. The highest BCUT2D eigenvalue weighted by Gasteiger charge is 2.74. The summed E-state index contributed by atoms with van der Waals surface area (Å²) in [6, 6.07) is 32.4. The number of anilines is 1. The molecule has 2 aliphatic heterocycles. The summed E-state index contributed by atoms with van der Waals surface area (Å²) in [6.45, 7) is 0. The number of ether oxygens (including phenoxy) is 1. The molecule has 0 saturated carbocycles. The molecule has 2 saturated heterocycles. The Kier molecular flexibility index (Phi) is 4.84. The van der Waals surface area contributed by atoms with Crippen molar-refractivity contribution < 1.29 is 23.9 Å². The van der Waals surface area contributed by atoms with E-state index < -0.39 is 46.9 Å². The molecule has 4 aromatic carbocycles. The Labute approximate surface area is 218 Å². The molecule has 6 nitrogen and oxygen atoms in total. The van der Waals surface area contributed by atoms with Crippen LogP contribution in [-0.4, -0.2) is 29.0 Å². The van der Waals surface area contributed by atoms with Gasteiger partial charge in [0.05, 0.1) is 23.6 Å². The molecule has 0 aromatic heterocycles. The van der Waals surface area contributed by atoms with E-state index in [1.165, 1.54) is 0 Å². The minimum Gasteiger partial charge on any atom is -0.349 e. The lowest BCUT2D eigenvalue weighted by molar-refractivity contribution is -0.127. The molecule has 1 spiro atoms. The first kappa shape index (κ1) is 22.5. The van der Waals surface area contributed by atoms with Crippen molar-refractivity contribution >= 4 is 29.1 Å². The average molecular weight is 500 g/mol. The van der Waals surface area contributed by atoms with Crippen LogP contribution in [0.2, 0.25) is 0 Å². The predicted molar refractivity (Wildman–Crippen MR) is 139 cm³/mol. The molecule has 7 rings (SSSR count). The van der Waals surface area contributed by atoms with Crippen molar-refractivity contribution in [2.45, 2.75) is 11.7 Å². The van der Waals surface area contributed by atoms with Gasteiger partial charge in [0, 0.05) is 11.1 Å². The van der Waals surface area contributed by atoms with Crippen molar-refractivity contribution in [1.82, 2.24) is 0 Å². The maximum absolute atomic E-state index is 14.1. The molecule has 0 unspecified atom stereocenters. The van der Waals surface area contributed by atoms with Gasteiger partial charge in [-0.2, -0.15) is 0 Å². The summed E-state index contributed by atoms with van der Waals surface area (Å²) in [6.07, 6.45) is -0.923. The maximum Gasteiger partial charge on any atom is 0.241 e. The lowest BCUT2D eigenvalue weighted by atomic mass is 9.77. The fraction of sp³-hybridized carbons (Fsp3) is 0.125. The lowest BCUT2D eigenvalue weighted by Crippen LogP contribution is -2.51. The fourth-order valence-corrected chi connectivity index (χ4v) is 6.15. The Balaban J connectivity index is 1.34. The highest BCUT2D eigenvalue weighted by molar-refractivity contribution is 6.37. The van der Waals surface area contributed by atoms with Gasteiger partial charge in [0.2, 0.25) is 29.0 Å². The van der Waals surface area contributed by atoms with E-state index in [-0.39, 0.29) is 11.1 Å². The van der Waals surface area contributed by atoms with Crippen LogP contribution in [0.5, 0.6) is 0 Å². The van der Waals surface area contributed by atoms with Gasteiger partial charge in [0.25, 0.3) is 0 Å². The van der Waals surface area contributed by atoms with Crippen LogP contribution in [0.15, 0.2) is 109 Å². The number of Topliss-reactive ketones (excluding diaryl/α,β-unsaturated/α-hetero) is 2. The first-order chi connectivity index (χ1) is 18.5. The molecular weight excluding hydrogens is 478 g/mol. The molecule has 3 aliphatic rings. The van der Waals surface area contributed by atoms with Gasteiger partial charge in [-0.15, -0.1) is 0 Å². The molecular formula is C32H21NO5. The molecule has 3 atom stereocenters. The molecule has 2 amide bonds. The van der Waals surface area contributed by atoms with E-state index in [2.05, 4.69) is 0 Å². The summed E-state index contributed by atoms with van der Waals surface area (Å²) in [4.78, 5) is 56.8. The molecule has 1 aliphatic carbocycles. The number of ketones is 2. The fourth-order valence-electron chi connectivity index (χ4n) is 6.15. The van der Waals surface area contributed by atoms with E-state index >= 15 is 0 Å². The molecule has 0 N–H and O–H groups in total. The number of amides is 2. The molecule has 4 aromatic rings. The summed E-state index contributed by atoms with van der Waals surface area (Å²) < 4.78 is 6.30. The summed E-state index contributed by atoms with van der Waals surface area (Å²) in [5.74, 6) is -4.47. The van der Waals surface area contributed by atoms with Gasteiger partial charge in [0.1, 0.15) is 0 Å². The SMILES string of the molecule is O=C1[C@@H]2[C@@H](c3ccccc3)OC3(C(=O)c4ccccc4C3=O)[C@H]2C(=O)N1c1ccc(-c2ccccc2)cc1. The number of carbonyl (C=O) groups is 4. The summed E-state index contributed by atoms with van der Waals surface area (Å²) in [5, 5.41) is 0. The normalized spacial score (nSPS) is 23.3. The number of rotatable bonds is 3. The minimum atomic E-state index is -2.07. The molecule has 2 heterocycles. The second-order valence-corrected chi connectivity index (χ2v) is 9.82. The first-order valence-electron chi connectivity index (χ1n) is 12.5. The number of hydrogen-bond donors (Lipinski definition) is 0. The summed E-state index contributed by atoms with van der Waals surface area (Å²) >= 11 is 0. The number of nitrogens with zero attached hydrogens (tertiary/aromatic N) is 1. The van der Waals surface area contributed by atoms with Crippen LogP contribution in [0.4, 0.5) is 5.69 Å². The van der Waals surface area contributed by atoms with Crippen molar-refractivity contribution in [3.8, 4) is 11.1 Å². The maximum atomic E-state index is 14.1. The van der Waals surface area contributed by atoms with Crippen LogP contribution in [0.25, 0.3) is 11.1 Å². The number of fused-ring (bicyclic) bond motifs is 3. The Morgan fingerprint density at radius 1 is 0.579 bits per heavy atom. The topological polar surface area (TPSA) is 80.8 Å². The van der Waals surface area contributed by atoms with Crippen LogP contribution < -0.4 is 4.90 Å². The van der Waals surface area contributed by atoms with E-state index in [1.54, 1.807) is 60.7 Å². The standard InChI is InChI=1S/C32H21NO5/c34-28-23-13-7-8-14-24(23)29(35)32(28)26-25(27(38-32)21-11-5-2-6-12-21)30(36)33(31(26)37)22-17-15-20(16-18-22)19-9-3-1-4-10-19/h1-18,25-27H/t25-,26+,27+/m0/s1. The van der Waals surface area contributed by atoms with E-state index in [1.807, 2.05) is 48.5 Å². The van der Waals surface area contributed by atoms with Crippen LogP contribution in [0.3, 0.4) is 0 Å². The van der Waals surface area contributed by atoms with Crippen molar-refractivity contribution in [2.24, 2.45) is 11.8 Å². The zero-order chi connectivity index (χ0) is 26.0. The average Bonchev–Trinajstić information content (AvgIpc) is 3.54. The van der Waals surface area contributed by atoms with Gasteiger partial charge in [-0.3, -0.25) is 19.2 Å². The van der Waals surface area contributed by atoms with Gasteiger partial charge < -0.3 is 4.74 Å². The van der Waals surface area contributed by atoms with E-state index in [4.69, 9.17) is 4.74 Å². The van der Waals surface area contributed by atoms with Crippen molar-refractivity contribution in [1.29, 1.82) is 0 Å². The minimum absolute atomic E-state index is 0.218. The van der Waals surface area contributed by atoms with Gasteiger partial charge in [-0.25, -0.2) is 4.90 Å². The summed E-state index contributed by atoms with van der Waals surface area (Å²) in [7, 11) is 0. The van der Waals surface area contributed by atoms with Crippen LogP contribution in [0, 0.1) is 11.8 Å². The van der Waals surface area contributed by atoms with E-state index in [9.17, 15) is 19.2 Å². The molecule has 0 bridgehead atoms. The van der Waals surface area contributed by atoms with Crippen LogP contribution in [0.1, 0.15) is 32.4 Å². The third-order valence-electron chi connectivity index (χ3n) is 7.88. The number of hydrogen-bond acceptors (Lipinski definition) is 5. The Morgan fingerprint density at radius 3 is 1.71 bits per heavy atom.